The summed E-state index contributed by atoms with van der Waals surface area (Å²) in [6, 6.07) is 0. The molecule has 0 fully saturated rings. The Kier molecular flexibility index (Phi) is 6.71. The van der Waals surface area contributed by atoms with Gasteiger partial charge >= 0.3 is 66.3 Å². The molecule has 0 heterocycles. The van der Waals surface area contributed by atoms with E-state index in [1.165, 1.54) is 0 Å². The molecule has 12 heavy (non-hydrogen) atoms. The third kappa shape index (κ3) is 8.05. The third-order valence-corrected chi connectivity index (χ3v) is 2.57. The van der Waals surface area contributed by atoms with Gasteiger partial charge in [0.2, 0.25) is 0 Å². The summed E-state index contributed by atoms with van der Waals surface area (Å²) in [4.78, 5) is 0. The first-order chi connectivity index (χ1) is 4.83. The second-order valence-corrected chi connectivity index (χ2v) is 4.42. The smallest absolute Gasteiger partial charge is 0 e. The molecule has 0 atom stereocenters. The van der Waals surface area contributed by atoms with Gasteiger partial charge in [-0.25, -0.2) is 0 Å². The van der Waals surface area contributed by atoms with Crippen molar-refractivity contribution in [1.82, 2.24) is 0 Å². The van der Waals surface area contributed by atoms with Crippen LogP contribution in [0.2, 0.25) is 0 Å². The van der Waals surface area contributed by atoms with Crippen LogP contribution in [0.1, 0.15) is 13.8 Å². The maximum absolute atomic E-state index is 10.6. The van der Waals surface area contributed by atoms with E-state index in [-0.39, 0.29) is 21.1 Å². The van der Waals surface area contributed by atoms with E-state index in [2.05, 4.69) is 7.45 Å². The van der Waals surface area contributed by atoms with Crippen molar-refractivity contribution < 1.29 is 36.4 Å². The van der Waals surface area contributed by atoms with Crippen LogP contribution < -0.4 is 0 Å². The average molecular weight is 417 g/mol. The first-order valence-electron chi connectivity index (χ1n) is 2.60. The zero-order chi connectivity index (χ0) is 9.07. The van der Waals surface area contributed by atoms with Gasteiger partial charge in [-0.05, 0) is 0 Å². The molecule has 0 aliphatic rings. The molecule has 0 amide bonds. The molecule has 0 spiro atoms. The van der Waals surface area contributed by atoms with Crippen molar-refractivity contribution in [3.8, 4) is 0 Å². The maximum atomic E-state index is 10.6. The summed E-state index contributed by atoms with van der Waals surface area (Å²) in [7, 11) is 0. The number of rotatable bonds is 2. The summed E-state index contributed by atoms with van der Waals surface area (Å²) in [6.07, 6.45) is 0. The van der Waals surface area contributed by atoms with Crippen LogP contribution in [0.15, 0.2) is 0 Å². The van der Waals surface area contributed by atoms with Crippen LogP contribution in [0, 0.1) is 0 Å². The summed E-state index contributed by atoms with van der Waals surface area (Å²) in [5.74, 6) is -1.37. The van der Waals surface area contributed by atoms with E-state index in [9.17, 15) is 3.74 Å². The Morgan fingerprint density at radius 2 is 1.50 bits per heavy atom. The van der Waals surface area contributed by atoms with Gasteiger partial charge < -0.3 is 0 Å². The zero-order valence-corrected chi connectivity index (χ0v) is 10.5. The van der Waals surface area contributed by atoms with E-state index in [1.807, 2.05) is 0 Å². The molecule has 0 saturated heterocycles. The minimum atomic E-state index is -4.98. The monoisotopic (exact) mass is 417 g/mol. The molecule has 0 bridgehead atoms. The first-order valence-corrected chi connectivity index (χ1v) is 5.74. The van der Waals surface area contributed by atoms with Crippen molar-refractivity contribution in [1.29, 1.82) is 0 Å². The predicted octanol–water partition coefficient (Wildman–Crippen LogP) is -0.149. The van der Waals surface area contributed by atoms with Crippen molar-refractivity contribution in [3.05, 3.63) is 10.8 Å². The Bertz CT molecular complexity index is 211. The summed E-state index contributed by atoms with van der Waals surface area (Å²) in [6.45, 7) is 2.14. The molecule has 0 unspecified atom stereocenters. The quantitative estimate of drug-likeness (QED) is 0.384. The van der Waals surface area contributed by atoms with Gasteiger partial charge in [0.25, 0.3) is 0 Å². The van der Waals surface area contributed by atoms with Crippen LogP contribution in [-0.4, -0.2) is 30.4 Å². The average Bonchev–Trinajstić information content (AvgIpc) is 1.53. The minimum absolute atomic E-state index is 0. The molecule has 0 aliphatic carbocycles. The van der Waals surface area contributed by atoms with Crippen LogP contribution in [0.25, 0.3) is 10.8 Å². The fourth-order valence-corrected chi connectivity index (χ4v) is 1.83. The van der Waals surface area contributed by atoms with Crippen molar-refractivity contribution >= 4 is 26.3 Å². The molecule has 8 heteroatoms. The van der Waals surface area contributed by atoms with Gasteiger partial charge in [0.05, 0.1) is 0 Å². The molecule has 0 rings (SSSR count). The fraction of sp³-hybridized carbons (Fsp3) is 0.500. The maximum Gasteiger partial charge on any atom is 0 e. The van der Waals surface area contributed by atoms with Crippen LogP contribution in [0.3, 0.4) is 0 Å². The third-order valence-electron chi connectivity index (χ3n) is 0.495. The van der Waals surface area contributed by atoms with Gasteiger partial charge in [-0.2, -0.15) is 0 Å². The Morgan fingerprint density at radius 1 is 1.25 bits per heavy atom. The van der Waals surface area contributed by atoms with E-state index in [0.717, 1.165) is 13.8 Å². The number of hydrogen-bond acceptors (Lipinski definition) is 3. The molecular formula is C4H7AsN2O4Pt-2. The van der Waals surface area contributed by atoms with E-state index in [1.54, 1.807) is 0 Å². The van der Waals surface area contributed by atoms with Gasteiger partial charge in [-0.3, -0.25) is 0 Å². The molecule has 0 aromatic carbocycles. The van der Waals surface area contributed by atoms with Gasteiger partial charge in [0.1, 0.15) is 0 Å². The van der Waals surface area contributed by atoms with Crippen molar-refractivity contribution in [3.63, 3.8) is 0 Å². The van der Waals surface area contributed by atoms with Gasteiger partial charge in [0.15, 0.2) is 0 Å². The van der Waals surface area contributed by atoms with Gasteiger partial charge in [0, 0.05) is 21.1 Å². The minimum Gasteiger partial charge on any atom is 0 e. The van der Waals surface area contributed by atoms with Crippen LogP contribution in [0.5, 0.6) is 0 Å². The molecule has 6 nitrogen and oxygen atoms in total. The molecule has 0 aliphatic heterocycles. The summed E-state index contributed by atoms with van der Waals surface area (Å²) in [5.41, 5.74) is 0. The van der Waals surface area contributed by atoms with E-state index in [4.69, 9.17) is 14.9 Å². The topological polar surface area (TPSA) is 100 Å². The second kappa shape index (κ2) is 5.57. The Morgan fingerprint density at radius 3 is 1.67 bits per heavy atom. The molecule has 74 valence electrons. The predicted molar refractivity (Wildman–Crippen MR) is 38.9 cm³/mol. The Hall–Kier alpha value is -0.0532. The Balaban J connectivity index is 0. The molecule has 0 saturated carbocycles. The van der Waals surface area contributed by atoms with E-state index in [0.29, 0.717) is 0 Å². The standard InChI is InChI=1S/C4H7AsN2O4.Pt/c1-3(6)10-5(8,9)11-4(2)7;/h1-2H3,(H,8,9);/q-2;. The largest absolute Gasteiger partial charge is 0 e. The van der Waals surface area contributed by atoms with Crippen molar-refractivity contribution in [2.24, 2.45) is 0 Å². The summed E-state index contributed by atoms with van der Waals surface area (Å²) >= 11 is -4.98. The fourth-order valence-electron chi connectivity index (χ4n) is 0.353. The number of hydrogen-bond donors (Lipinski definition) is 1. The Labute approximate surface area is 87.3 Å². The van der Waals surface area contributed by atoms with Crippen LogP contribution >= 0.6 is 0 Å². The molecule has 0 aromatic rings. The second-order valence-electron chi connectivity index (χ2n) is 1.69. The van der Waals surface area contributed by atoms with Gasteiger partial charge in [-0.15, -0.1) is 0 Å². The zero-order valence-electron chi connectivity index (χ0n) is 6.33. The van der Waals surface area contributed by atoms with E-state index < -0.39 is 26.3 Å². The number of nitrogens with zero attached hydrogens (tertiary/aromatic N) is 2. The molecular weight excluding hydrogens is 410 g/mol. The van der Waals surface area contributed by atoms with Crippen LogP contribution in [-0.2, 0) is 32.3 Å². The molecule has 0 radical (unpaired) electrons. The van der Waals surface area contributed by atoms with E-state index >= 15 is 0 Å². The van der Waals surface area contributed by atoms with Crippen LogP contribution in [0.4, 0.5) is 0 Å². The summed E-state index contributed by atoms with van der Waals surface area (Å²) in [5, 5.41) is 16.8. The van der Waals surface area contributed by atoms with Gasteiger partial charge in [-0.1, -0.05) is 0 Å². The first kappa shape index (κ1) is 14.5. The SMILES string of the molecule is CC(=[N-])O[As](=O)(O)OC(C)=[N-].[Pt]. The van der Waals surface area contributed by atoms with Crippen molar-refractivity contribution in [2.45, 2.75) is 13.8 Å². The molecule has 0 aromatic heterocycles. The van der Waals surface area contributed by atoms with Crippen molar-refractivity contribution in [2.75, 3.05) is 0 Å². The normalized spacial score (nSPS) is 9.58. The summed E-state index contributed by atoms with van der Waals surface area (Å²) < 4.78 is 27.3. The molecule has 1 N–H and O–H groups in total.